The molecule has 1 saturated heterocycles. The molecule has 1 aliphatic heterocycles. The summed E-state index contributed by atoms with van der Waals surface area (Å²) in [7, 11) is 0. The van der Waals surface area contributed by atoms with Crippen LogP contribution in [0.4, 0.5) is 5.82 Å². The average molecular weight is 979 g/mol. The summed E-state index contributed by atoms with van der Waals surface area (Å²) in [6.45, 7) is 8.02. The van der Waals surface area contributed by atoms with Crippen LogP contribution in [0.25, 0.3) is 32.4 Å². The Bertz CT molecular complexity index is 2490. The number of nitrogens with zero attached hydrogens (tertiary/aromatic N) is 7. The number of anilines is 1. The van der Waals surface area contributed by atoms with Crippen LogP contribution in [0.1, 0.15) is 121 Å². The summed E-state index contributed by atoms with van der Waals surface area (Å²) in [5.74, 6) is -1.06. The molecule has 0 saturated carbocycles. The second-order valence-corrected chi connectivity index (χ2v) is 18.7. The van der Waals surface area contributed by atoms with E-state index in [2.05, 4.69) is 53.1 Å². The molecule has 0 bridgehead atoms. The van der Waals surface area contributed by atoms with E-state index in [4.69, 9.17) is 33.1 Å². The van der Waals surface area contributed by atoms with Crippen molar-refractivity contribution in [3.63, 3.8) is 0 Å². The number of benzene rings is 2. The lowest BCUT2D eigenvalue weighted by molar-refractivity contribution is -0.142. The van der Waals surface area contributed by atoms with Crippen molar-refractivity contribution in [2.45, 2.75) is 148 Å². The molecule has 4 aromatic rings. The van der Waals surface area contributed by atoms with Crippen molar-refractivity contribution >= 4 is 63.2 Å². The Morgan fingerprint density at radius 2 is 1.63 bits per heavy atom. The number of hydrogen-bond donors (Lipinski definition) is 9. The first-order chi connectivity index (χ1) is 34.2. The number of carbonyl (C=O) groups excluding carboxylic acids is 5. The van der Waals surface area contributed by atoms with E-state index in [1.54, 1.807) is 0 Å². The number of carbonyl (C=O) groups is 5. The lowest BCUT2D eigenvalue weighted by atomic mass is 10.0. The smallest absolute Gasteiger partial charge is 0.245 e. The topological polar surface area (TPSA) is 330 Å². The van der Waals surface area contributed by atoms with Gasteiger partial charge in [0.15, 0.2) is 11.8 Å². The number of nitrogens with one attached hydrogen (secondary N) is 6. The first kappa shape index (κ1) is 54.9. The minimum atomic E-state index is -1.02. The van der Waals surface area contributed by atoms with E-state index in [1.165, 1.54) is 4.90 Å². The van der Waals surface area contributed by atoms with Crippen LogP contribution < -0.4 is 43.8 Å². The summed E-state index contributed by atoms with van der Waals surface area (Å²) in [4.78, 5) is 83.0. The number of azide groups is 1. The molecule has 3 heterocycles. The Hall–Kier alpha value is -6.99. The van der Waals surface area contributed by atoms with Gasteiger partial charge in [0, 0.05) is 55.9 Å². The number of likely N-dealkylation sites (tertiary alicyclic amines) is 1. The maximum absolute atomic E-state index is 14.2. The molecule has 5 rings (SSSR count). The predicted molar refractivity (Wildman–Crippen MR) is 275 cm³/mol. The zero-order valence-electron chi connectivity index (χ0n) is 41.6. The van der Waals surface area contributed by atoms with Crippen molar-refractivity contribution < 1.29 is 24.0 Å². The van der Waals surface area contributed by atoms with Crippen molar-refractivity contribution in [1.29, 1.82) is 5.41 Å². The van der Waals surface area contributed by atoms with Crippen LogP contribution >= 0.6 is 0 Å². The van der Waals surface area contributed by atoms with Crippen molar-refractivity contribution in [2.24, 2.45) is 22.5 Å². The minimum Gasteiger partial charge on any atom is -0.382 e. The van der Waals surface area contributed by atoms with Gasteiger partial charge in [-0.25, -0.2) is 9.97 Å². The highest BCUT2D eigenvalue weighted by atomic mass is 16.2. The molecule has 12 N–H and O–H groups in total. The van der Waals surface area contributed by atoms with Crippen LogP contribution in [0.2, 0.25) is 0 Å². The molecule has 4 unspecified atom stereocenters. The Morgan fingerprint density at radius 1 is 0.887 bits per heavy atom. The molecule has 1 aliphatic rings. The molecule has 0 spiro atoms. The summed E-state index contributed by atoms with van der Waals surface area (Å²) >= 11 is 0. The van der Waals surface area contributed by atoms with Gasteiger partial charge in [-0.3, -0.25) is 29.4 Å². The number of aryl methyl sites for hydroxylation is 1. The van der Waals surface area contributed by atoms with E-state index in [0.29, 0.717) is 88.9 Å². The average Bonchev–Trinajstić information content (AvgIpc) is 3.99. The molecule has 384 valence electrons. The zero-order chi connectivity index (χ0) is 51.3. The molecule has 71 heavy (non-hydrogen) atoms. The van der Waals surface area contributed by atoms with Gasteiger partial charge in [-0.1, -0.05) is 74.8 Å². The highest BCUT2D eigenvalue weighted by molar-refractivity contribution is 6.06. The number of nitrogen functional groups attached to an aromatic ring is 1. The summed E-state index contributed by atoms with van der Waals surface area (Å²) in [5, 5.41) is 26.4. The van der Waals surface area contributed by atoms with Gasteiger partial charge in [0.25, 0.3) is 0 Å². The van der Waals surface area contributed by atoms with Crippen LogP contribution in [0.5, 0.6) is 0 Å². The Labute approximate surface area is 415 Å². The highest BCUT2D eigenvalue weighted by Gasteiger charge is 2.39. The number of nitrogens with two attached hydrogens (primary N) is 3. The maximum Gasteiger partial charge on any atom is 0.245 e. The standard InChI is InChI=1S/C50H74N16O5/c1-4-5-19-41-63-43-44(35-14-6-7-15-36(35)60-45(43)52)66(41)31-34-23-21-33(22-24-34)30-57-46(68)37(17-12-26-56-50(53)54)61-47(69)39(29-32(2)3)62-48(70)40-18-13-28-65(40)49(71)38(16-8-10-25-51)59-42(67)20-9-11-27-58-64-55/h6-7,14-15,21-24,32,37-40H,4-5,8-13,16-20,25-31,51H2,1-3H3,(H2,52,60)(H,57,68)(H,59,67)(H,61,69)(H,62,70)(H4,53,54,56). The number of aromatic nitrogens is 3. The molecule has 1 fully saturated rings. The fraction of sp³-hybridized carbons (Fsp3) is 0.560. The number of unbranched alkanes of at least 4 members (excludes halogenated alkanes) is 3. The number of rotatable bonds is 29. The van der Waals surface area contributed by atoms with Gasteiger partial charge in [0.2, 0.25) is 29.5 Å². The second kappa shape index (κ2) is 28.0. The fourth-order valence-electron chi connectivity index (χ4n) is 8.93. The van der Waals surface area contributed by atoms with Crippen molar-refractivity contribution in [3.8, 4) is 0 Å². The number of amides is 5. The third-order valence-electron chi connectivity index (χ3n) is 12.6. The van der Waals surface area contributed by atoms with Gasteiger partial charge >= 0.3 is 0 Å². The van der Waals surface area contributed by atoms with Crippen LogP contribution in [0, 0.1) is 11.3 Å². The quantitative estimate of drug-likeness (QED) is 0.00908. The third-order valence-corrected chi connectivity index (χ3v) is 12.6. The highest BCUT2D eigenvalue weighted by Crippen LogP contribution is 2.30. The van der Waals surface area contributed by atoms with E-state index < -0.39 is 41.9 Å². The zero-order valence-corrected chi connectivity index (χ0v) is 41.6. The van der Waals surface area contributed by atoms with Crippen LogP contribution in [0.3, 0.4) is 0 Å². The molecule has 21 nitrogen and oxygen atoms in total. The van der Waals surface area contributed by atoms with Crippen LogP contribution in [-0.2, 0) is 43.5 Å². The number of imidazole rings is 1. The SMILES string of the molecule is CCCCc1nc2c(N)nc3ccccc3c2n1Cc1ccc(CNC(=O)C(CCCNC(=N)N)NC(=O)C(CC(C)C)NC(=O)C2CCCN2C(=O)C(CCCCN)NC(=O)CCCCN=[N+]=[N-])cc1. The molecule has 0 radical (unpaired) electrons. The van der Waals surface area contributed by atoms with Gasteiger partial charge in [-0.2, -0.15) is 0 Å². The first-order valence-electron chi connectivity index (χ1n) is 25.1. The number of fused-ring (bicyclic) bond motifs is 3. The van der Waals surface area contributed by atoms with Crippen molar-refractivity contribution in [2.75, 3.05) is 31.9 Å². The summed E-state index contributed by atoms with van der Waals surface area (Å²) in [6.07, 6.45) is 7.32. The lowest BCUT2D eigenvalue weighted by Gasteiger charge is -2.30. The fourth-order valence-corrected chi connectivity index (χ4v) is 8.93. The van der Waals surface area contributed by atoms with Crippen molar-refractivity contribution in [3.05, 3.63) is 75.9 Å². The molecular formula is C50H74N16O5. The molecule has 4 atom stereocenters. The molecule has 21 heteroatoms. The lowest BCUT2D eigenvalue weighted by Crippen LogP contribution is -2.58. The van der Waals surface area contributed by atoms with E-state index in [-0.39, 0.29) is 56.0 Å². The predicted octanol–water partition coefficient (Wildman–Crippen LogP) is 4.54. The van der Waals surface area contributed by atoms with E-state index in [9.17, 15) is 24.0 Å². The van der Waals surface area contributed by atoms with Gasteiger partial charge in [-0.15, -0.1) is 0 Å². The van der Waals surface area contributed by atoms with E-state index >= 15 is 0 Å². The number of hydrogen-bond acceptors (Lipinski definition) is 11. The molecular weight excluding hydrogens is 905 g/mol. The number of guanidine groups is 1. The summed E-state index contributed by atoms with van der Waals surface area (Å²) in [5.41, 5.74) is 30.5. The second-order valence-electron chi connectivity index (χ2n) is 18.7. The van der Waals surface area contributed by atoms with Gasteiger partial charge in [0.1, 0.15) is 35.5 Å². The van der Waals surface area contributed by atoms with Gasteiger partial charge in [-0.05, 0) is 106 Å². The maximum atomic E-state index is 14.2. The Morgan fingerprint density at radius 3 is 2.35 bits per heavy atom. The van der Waals surface area contributed by atoms with Crippen LogP contribution in [0.15, 0.2) is 53.6 Å². The van der Waals surface area contributed by atoms with E-state index in [1.807, 2.05) is 62.4 Å². The summed E-state index contributed by atoms with van der Waals surface area (Å²) in [6, 6.07) is 12.1. The molecule has 0 aliphatic carbocycles. The number of pyridine rings is 1. The first-order valence-corrected chi connectivity index (χ1v) is 25.1. The monoisotopic (exact) mass is 979 g/mol. The largest absolute Gasteiger partial charge is 0.382 e. The summed E-state index contributed by atoms with van der Waals surface area (Å²) < 4.78 is 2.22. The van der Waals surface area contributed by atoms with E-state index in [0.717, 1.165) is 52.6 Å². The third kappa shape index (κ3) is 16.3. The molecule has 2 aromatic carbocycles. The molecule has 5 amide bonds. The Balaban J connectivity index is 1.26. The van der Waals surface area contributed by atoms with Crippen LogP contribution in [-0.4, -0.2) is 105 Å². The molecule has 2 aromatic heterocycles. The minimum absolute atomic E-state index is 0.0267. The van der Waals surface area contributed by atoms with Gasteiger partial charge in [0.05, 0.1) is 11.0 Å². The normalized spacial score (nSPS) is 14.7. The Kier molecular flexibility index (Phi) is 21.7. The number of para-hydroxylation sites is 1. The van der Waals surface area contributed by atoms with Gasteiger partial charge < -0.3 is 53.3 Å². The van der Waals surface area contributed by atoms with Crippen molar-refractivity contribution in [1.82, 2.24) is 46.0 Å².